The Bertz CT molecular complexity index is 483. The van der Waals surface area contributed by atoms with Gasteiger partial charge in [0.2, 0.25) is 0 Å². The Hall–Kier alpha value is -1.53. The Balaban J connectivity index is 2.01. The van der Waals surface area contributed by atoms with Gasteiger partial charge in [-0.15, -0.1) is 0 Å². The molecule has 1 aliphatic rings. The summed E-state index contributed by atoms with van der Waals surface area (Å²) in [6.07, 6.45) is 1.58. The van der Waals surface area contributed by atoms with Crippen molar-refractivity contribution in [2.75, 3.05) is 33.4 Å². The van der Waals surface area contributed by atoms with Crippen LogP contribution in [0.15, 0.2) is 30.3 Å². The lowest BCUT2D eigenvalue weighted by atomic mass is 9.79. The Labute approximate surface area is 129 Å². The quantitative estimate of drug-likeness (QED) is 0.844. The van der Waals surface area contributed by atoms with Gasteiger partial charge in [0, 0.05) is 24.6 Å². The minimum Gasteiger partial charge on any atom is -0.384 e. The molecule has 1 aliphatic heterocycles. The van der Waals surface area contributed by atoms with Crippen LogP contribution in [0.5, 0.6) is 0 Å². The molecule has 0 saturated carbocycles. The summed E-state index contributed by atoms with van der Waals surface area (Å²) in [6.45, 7) is 2.25. The molecule has 1 aromatic carbocycles. The fraction of sp³-hybridized carbons (Fsp3) is 0.562. The average Bonchev–Trinajstić information content (AvgIpc) is 2.54. The Kier molecular flexibility index (Phi) is 5.47. The number of ether oxygens (including phenoxy) is 1. The molecule has 2 rings (SSSR count). The van der Waals surface area contributed by atoms with Gasteiger partial charge >= 0.3 is 5.92 Å². The number of carbonyl (C=O) groups excluding carboxylic acids is 1. The Morgan fingerprint density at radius 3 is 2.55 bits per heavy atom. The molecule has 0 radical (unpaired) electrons. The van der Waals surface area contributed by atoms with E-state index in [9.17, 15) is 13.6 Å². The van der Waals surface area contributed by atoms with Crippen LogP contribution in [0.4, 0.5) is 8.78 Å². The van der Waals surface area contributed by atoms with E-state index in [0.717, 1.165) is 25.9 Å². The van der Waals surface area contributed by atoms with E-state index in [1.54, 1.807) is 13.2 Å². The van der Waals surface area contributed by atoms with Crippen LogP contribution in [0.3, 0.4) is 0 Å². The number of piperidine rings is 1. The molecule has 0 aromatic heterocycles. The van der Waals surface area contributed by atoms with Crippen LogP contribution < -0.4 is 10.6 Å². The second-order valence-corrected chi connectivity index (χ2v) is 5.81. The van der Waals surface area contributed by atoms with Crippen molar-refractivity contribution in [1.29, 1.82) is 0 Å². The number of carbonyl (C=O) groups is 1. The van der Waals surface area contributed by atoms with Crippen LogP contribution >= 0.6 is 0 Å². The van der Waals surface area contributed by atoms with Crippen molar-refractivity contribution in [1.82, 2.24) is 10.6 Å². The topological polar surface area (TPSA) is 50.4 Å². The molecular weight excluding hydrogens is 290 g/mol. The summed E-state index contributed by atoms with van der Waals surface area (Å²) >= 11 is 0. The van der Waals surface area contributed by atoms with Crippen LogP contribution in [0.1, 0.15) is 18.4 Å². The highest BCUT2D eigenvalue weighted by molar-refractivity contribution is 5.84. The number of rotatable bonds is 6. The lowest BCUT2D eigenvalue weighted by Gasteiger charge is -2.37. The second kappa shape index (κ2) is 7.15. The lowest BCUT2D eigenvalue weighted by molar-refractivity contribution is -0.147. The average molecular weight is 312 g/mol. The van der Waals surface area contributed by atoms with Crippen LogP contribution in [0.25, 0.3) is 0 Å². The zero-order chi connectivity index (χ0) is 16.1. The molecule has 2 N–H and O–H groups in total. The fourth-order valence-electron chi connectivity index (χ4n) is 2.79. The number of benzene rings is 1. The summed E-state index contributed by atoms with van der Waals surface area (Å²) in [4.78, 5) is 11.9. The molecular formula is C16H22F2N2O2. The van der Waals surface area contributed by atoms with E-state index >= 15 is 0 Å². The first-order valence-corrected chi connectivity index (χ1v) is 7.41. The van der Waals surface area contributed by atoms with Gasteiger partial charge in [-0.25, -0.2) is 0 Å². The van der Waals surface area contributed by atoms with Crippen molar-refractivity contribution in [2.45, 2.75) is 18.8 Å². The van der Waals surface area contributed by atoms with Crippen molar-refractivity contribution in [2.24, 2.45) is 5.41 Å². The number of nitrogens with one attached hydrogen (secondary N) is 2. The monoisotopic (exact) mass is 312 g/mol. The smallest absolute Gasteiger partial charge is 0.349 e. The predicted molar refractivity (Wildman–Crippen MR) is 79.8 cm³/mol. The maximum atomic E-state index is 14.2. The third kappa shape index (κ3) is 3.81. The minimum absolute atomic E-state index is 0.198. The normalized spacial score (nSPS) is 18.0. The molecule has 4 nitrogen and oxygen atoms in total. The summed E-state index contributed by atoms with van der Waals surface area (Å²) < 4.78 is 33.5. The van der Waals surface area contributed by atoms with Crippen LogP contribution in [0.2, 0.25) is 0 Å². The van der Waals surface area contributed by atoms with Crippen molar-refractivity contribution >= 4 is 5.91 Å². The van der Waals surface area contributed by atoms with Crippen molar-refractivity contribution in [3.63, 3.8) is 0 Å². The SMILES string of the molecule is COCC1(CNC(=O)C(F)(F)c2ccccc2)CCNCC1. The summed E-state index contributed by atoms with van der Waals surface area (Å²) in [6, 6.07) is 7.15. The van der Waals surface area contributed by atoms with Gasteiger partial charge in [0.1, 0.15) is 0 Å². The number of halogens is 2. The first-order chi connectivity index (χ1) is 10.5. The Morgan fingerprint density at radius 2 is 1.95 bits per heavy atom. The predicted octanol–water partition coefficient (Wildman–Crippen LogP) is 1.91. The molecule has 0 unspecified atom stereocenters. The second-order valence-electron chi connectivity index (χ2n) is 5.81. The van der Waals surface area contributed by atoms with Gasteiger partial charge in [0.15, 0.2) is 0 Å². The highest BCUT2D eigenvalue weighted by Gasteiger charge is 2.42. The van der Waals surface area contributed by atoms with Crippen molar-refractivity contribution in [3.05, 3.63) is 35.9 Å². The van der Waals surface area contributed by atoms with Crippen LogP contribution in [-0.2, 0) is 15.5 Å². The molecule has 0 spiro atoms. The van der Waals surface area contributed by atoms with Crippen molar-refractivity contribution < 1.29 is 18.3 Å². The largest absolute Gasteiger partial charge is 0.384 e. The number of hydrogen-bond acceptors (Lipinski definition) is 3. The van der Waals surface area contributed by atoms with E-state index in [4.69, 9.17) is 4.74 Å². The van der Waals surface area contributed by atoms with E-state index in [1.165, 1.54) is 24.3 Å². The molecule has 1 amide bonds. The van der Waals surface area contributed by atoms with Gasteiger partial charge in [-0.05, 0) is 25.9 Å². The van der Waals surface area contributed by atoms with E-state index in [0.29, 0.717) is 6.61 Å². The molecule has 0 aliphatic carbocycles. The minimum atomic E-state index is -3.53. The molecule has 122 valence electrons. The standard InChI is InChI=1S/C16H22F2N2O2/c1-22-12-15(7-9-19-10-8-15)11-20-14(21)16(17,18)13-5-3-2-4-6-13/h2-6,19H,7-12H2,1H3,(H,20,21). The number of alkyl halides is 2. The van der Waals surface area contributed by atoms with Gasteiger partial charge in [-0.1, -0.05) is 30.3 Å². The van der Waals surface area contributed by atoms with Gasteiger partial charge in [0.25, 0.3) is 5.91 Å². The zero-order valence-corrected chi connectivity index (χ0v) is 12.7. The molecule has 1 saturated heterocycles. The third-order valence-corrected chi connectivity index (χ3v) is 4.16. The highest BCUT2D eigenvalue weighted by Crippen LogP contribution is 2.31. The fourth-order valence-corrected chi connectivity index (χ4v) is 2.79. The number of amides is 1. The van der Waals surface area contributed by atoms with Gasteiger partial charge in [-0.3, -0.25) is 4.79 Å². The van der Waals surface area contributed by atoms with Gasteiger partial charge in [-0.2, -0.15) is 8.78 Å². The first kappa shape index (κ1) is 16.8. The number of methoxy groups -OCH3 is 1. The van der Waals surface area contributed by atoms with E-state index < -0.39 is 11.8 Å². The summed E-state index contributed by atoms with van der Waals surface area (Å²) in [5.74, 6) is -4.78. The first-order valence-electron chi connectivity index (χ1n) is 7.41. The number of hydrogen-bond donors (Lipinski definition) is 2. The molecule has 22 heavy (non-hydrogen) atoms. The Morgan fingerprint density at radius 1 is 1.32 bits per heavy atom. The molecule has 1 fully saturated rings. The molecule has 0 atom stereocenters. The van der Waals surface area contributed by atoms with Crippen LogP contribution in [0, 0.1) is 5.41 Å². The summed E-state index contributed by atoms with van der Waals surface area (Å²) in [5.41, 5.74) is -0.568. The third-order valence-electron chi connectivity index (χ3n) is 4.16. The van der Waals surface area contributed by atoms with Gasteiger partial charge in [0.05, 0.1) is 6.61 Å². The maximum Gasteiger partial charge on any atom is 0.349 e. The van der Waals surface area contributed by atoms with Crippen molar-refractivity contribution in [3.8, 4) is 0 Å². The van der Waals surface area contributed by atoms with E-state index in [-0.39, 0.29) is 17.5 Å². The molecule has 1 aromatic rings. The zero-order valence-electron chi connectivity index (χ0n) is 12.7. The highest BCUT2D eigenvalue weighted by atomic mass is 19.3. The van der Waals surface area contributed by atoms with E-state index in [2.05, 4.69) is 10.6 Å². The van der Waals surface area contributed by atoms with Crippen LogP contribution in [-0.4, -0.2) is 39.3 Å². The lowest BCUT2D eigenvalue weighted by Crippen LogP contribution is -2.49. The maximum absolute atomic E-state index is 14.2. The molecule has 6 heteroatoms. The summed E-state index contributed by atoms with van der Waals surface area (Å²) in [5, 5.41) is 5.65. The molecule has 0 bridgehead atoms. The summed E-state index contributed by atoms with van der Waals surface area (Å²) in [7, 11) is 1.59. The molecule has 1 heterocycles. The van der Waals surface area contributed by atoms with Gasteiger partial charge < -0.3 is 15.4 Å². The van der Waals surface area contributed by atoms with E-state index in [1.807, 2.05) is 0 Å².